The summed E-state index contributed by atoms with van der Waals surface area (Å²) < 4.78 is 15.2. The summed E-state index contributed by atoms with van der Waals surface area (Å²) in [5, 5.41) is 1.99. The fourth-order valence-corrected chi connectivity index (χ4v) is 2.00. The van der Waals surface area contributed by atoms with Gasteiger partial charge in [0, 0.05) is 11.6 Å². The molecule has 0 amide bonds. The van der Waals surface area contributed by atoms with Crippen molar-refractivity contribution >= 4 is 22.8 Å². The smallest absolute Gasteiger partial charge is 0.330 e. The Bertz CT molecular complexity index is 654. The van der Waals surface area contributed by atoms with Crippen molar-refractivity contribution in [3.63, 3.8) is 0 Å². The largest absolute Gasteiger partial charge is 0.497 e. The van der Waals surface area contributed by atoms with E-state index in [2.05, 4.69) is 4.74 Å². The Kier molecular flexibility index (Phi) is 4.25. The van der Waals surface area contributed by atoms with Gasteiger partial charge in [-0.25, -0.2) is 4.79 Å². The molecule has 4 nitrogen and oxygen atoms in total. The third-order valence-electron chi connectivity index (χ3n) is 3.04. The fraction of sp³-hybridized carbons (Fsp3) is 0.188. The molecule has 0 aromatic heterocycles. The summed E-state index contributed by atoms with van der Waals surface area (Å²) in [7, 11) is 4.55. The van der Waals surface area contributed by atoms with Crippen molar-refractivity contribution in [1.29, 1.82) is 0 Å². The highest BCUT2D eigenvalue weighted by atomic mass is 16.5. The summed E-state index contributed by atoms with van der Waals surface area (Å²) >= 11 is 0. The molecule has 0 spiro atoms. The Labute approximate surface area is 117 Å². The third-order valence-corrected chi connectivity index (χ3v) is 3.04. The van der Waals surface area contributed by atoms with Gasteiger partial charge in [-0.1, -0.05) is 12.1 Å². The van der Waals surface area contributed by atoms with Gasteiger partial charge in [0.2, 0.25) is 0 Å². The molecule has 0 bridgehead atoms. The van der Waals surface area contributed by atoms with E-state index >= 15 is 0 Å². The topological polar surface area (TPSA) is 44.8 Å². The highest BCUT2D eigenvalue weighted by Crippen LogP contribution is 2.31. The van der Waals surface area contributed by atoms with Crippen molar-refractivity contribution in [3.05, 3.63) is 42.0 Å². The maximum atomic E-state index is 11.3. The molecule has 0 fully saturated rings. The van der Waals surface area contributed by atoms with Crippen LogP contribution in [0.5, 0.6) is 11.5 Å². The van der Waals surface area contributed by atoms with E-state index in [1.807, 2.05) is 30.3 Å². The molecule has 0 N–H and O–H groups in total. The Morgan fingerprint density at radius 1 is 1.05 bits per heavy atom. The van der Waals surface area contributed by atoms with Gasteiger partial charge in [0.05, 0.1) is 21.3 Å². The number of carbonyl (C=O) groups is 1. The van der Waals surface area contributed by atoms with Crippen LogP contribution in [-0.2, 0) is 9.53 Å². The normalized spacial score (nSPS) is 10.8. The highest BCUT2D eigenvalue weighted by Gasteiger charge is 2.07. The second-order valence-corrected chi connectivity index (χ2v) is 4.13. The van der Waals surface area contributed by atoms with Crippen molar-refractivity contribution < 1.29 is 19.0 Å². The zero-order valence-corrected chi connectivity index (χ0v) is 11.7. The van der Waals surface area contributed by atoms with Gasteiger partial charge in [-0.05, 0) is 35.0 Å². The zero-order chi connectivity index (χ0) is 14.5. The number of methoxy groups -OCH3 is 3. The van der Waals surface area contributed by atoms with Crippen LogP contribution < -0.4 is 9.47 Å². The van der Waals surface area contributed by atoms with Crippen LogP contribution in [0.25, 0.3) is 16.8 Å². The van der Waals surface area contributed by atoms with Gasteiger partial charge >= 0.3 is 5.97 Å². The molecule has 104 valence electrons. The van der Waals surface area contributed by atoms with Gasteiger partial charge in [-0.3, -0.25) is 0 Å². The molecule has 0 saturated heterocycles. The highest BCUT2D eigenvalue weighted by molar-refractivity contribution is 5.97. The van der Waals surface area contributed by atoms with E-state index in [4.69, 9.17) is 9.47 Å². The third kappa shape index (κ3) is 2.74. The van der Waals surface area contributed by atoms with E-state index in [-0.39, 0.29) is 0 Å². The van der Waals surface area contributed by atoms with Crippen LogP contribution in [0.1, 0.15) is 5.56 Å². The predicted octanol–water partition coefficient (Wildman–Crippen LogP) is 3.04. The summed E-state index contributed by atoms with van der Waals surface area (Å²) in [4.78, 5) is 11.3. The minimum Gasteiger partial charge on any atom is -0.497 e. The number of hydrogen-bond acceptors (Lipinski definition) is 4. The van der Waals surface area contributed by atoms with Gasteiger partial charge in [-0.2, -0.15) is 0 Å². The average molecular weight is 272 g/mol. The van der Waals surface area contributed by atoms with E-state index < -0.39 is 5.97 Å². The summed E-state index contributed by atoms with van der Waals surface area (Å²) in [5.74, 6) is 1.02. The molecule has 2 aromatic carbocycles. The molecular formula is C16H16O4. The molecule has 20 heavy (non-hydrogen) atoms. The van der Waals surface area contributed by atoms with E-state index in [0.717, 1.165) is 22.1 Å². The standard InChI is InChI=1S/C16H16O4/c1-18-12-6-4-11-5-8-15(19-2)13(14(11)10-12)7-9-16(17)20-3/h4-10H,1-3H3. The number of hydrogen-bond donors (Lipinski definition) is 0. The van der Waals surface area contributed by atoms with Crippen molar-refractivity contribution in [3.8, 4) is 11.5 Å². The van der Waals surface area contributed by atoms with Crippen molar-refractivity contribution in [2.75, 3.05) is 21.3 Å². The maximum Gasteiger partial charge on any atom is 0.330 e. The van der Waals surface area contributed by atoms with Gasteiger partial charge in [0.1, 0.15) is 11.5 Å². The molecule has 0 aliphatic carbocycles. The number of benzene rings is 2. The van der Waals surface area contributed by atoms with Crippen molar-refractivity contribution in [2.24, 2.45) is 0 Å². The van der Waals surface area contributed by atoms with Gasteiger partial charge in [-0.15, -0.1) is 0 Å². The molecule has 4 heteroatoms. The van der Waals surface area contributed by atoms with E-state index in [9.17, 15) is 4.79 Å². The van der Waals surface area contributed by atoms with Crippen LogP contribution in [0.15, 0.2) is 36.4 Å². The fourth-order valence-electron chi connectivity index (χ4n) is 2.00. The molecule has 0 radical (unpaired) electrons. The minimum atomic E-state index is -0.410. The number of fused-ring (bicyclic) bond motifs is 1. The van der Waals surface area contributed by atoms with Gasteiger partial charge in [0.15, 0.2) is 0 Å². The van der Waals surface area contributed by atoms with E-state index in [0.29, 0.717) is 5.75 Å². The molecular weight excluding hydrogens is 256 g/mol. The second-order valence-electron chi connectivity index (χ2n) is 4.13. The van der Waals surface area contributed by atoms with Crippen LogP contribution in [0, 0.1) is 0 Å². The maximum absolute atomic E-state index is 11.3. The number of esters is 1. The number of ether oxygens (including phenoxy) is 3. The second kappa shape index (κ2) is 6.10. The SMILES string of the molecule is COC(=O)C=Cc1c(OC)ccc2ccc(OC)cc12. The van der Waals surface area contributed by atoms with Crippen LogP contribution in [-0.4, -0.2) is 27.3 Å². The first kappa shape index (κ1) is 13.9. The molecule has 2 aromatic rings. The monoisotopic (exact) mass is 272 g/mol. The van der Waals surface area contributed by atoms with Crippen LogP contribution in [0.4, 0.5) is 0 Å². The van der Waals surface area contributed by atoms with E-state index in [1.165, 1.54) is 13.2 Å². The lowest BCUT2D eigenvalue weighted by molar-refractivity contribution is -0.134. The van der Waals surface area contributed by atoms with Crippen LogP contribution in [0.3, 0.4) is 0 Å². The Morgan fingerprint density at radius 3 is 2.45 bits per heavy atom. The summed E-state index contributed by atoms with van der Waals surface area (Å²) in [6, 6.07) is 9.59. The van der Waals surface area contributed by atoms with Gasteiger partial charge in [0.25, 0.3) is 0 Å². The first-order valence-electron chi connectivity index (χ1n) is 6.10. The zero-order valence-electron chi connectivity index (χ0n) is 11.7. The lowest BCUT2D eigenvalue weighted by atomic mass is 10.0. The lowest BCUT2D eigenvalue weighted by Gasteiger charge is -2.10. The molecule has 0 heterocycles. The Morgan fingerprint density at radius 2 is 1.80 bits per heavy atom. The Balaban J connectivity index is 2.63. The van der Waals surface area contributed by atoms with E-state index in [1.54, 1.807) is 20.3 Å². The summed E-state index contributed by atoms with van der Waals surface area (Å²) in [6.07, 6.45) is 3.06. The number of carbonyl (C=O) groups excluding carboxylic acids is 1. The number of rotatable bonds is 4. The van der Waals surface area contributed by atoms with Crippen molar-refractivity contribution in [1.82, 2.24) is 0 Å². The summed E-state index contributed by atoms with van der Waals surface area (Å²) in [5.41, 5.74) is 0.814. The minimum absolute atomic E-state index is 0.410. The summed E-state index contributed by atoms with van der Waals surface area (Å²) in [6.45, 7) is 0. The Hall–Kier alpha value is -2.49. The molecule has 0 saturated carbocycles. The first-order valence-corrected chi connectivity index (χ1v) is 6.10. The first-order chi connectivity index (χ1) is 9.69. The molecule has 0 aliphatic rings. The van der Waals surface area contributed by atoms with Crippen LogP contribution in [0.2, 0.25) is 0 Å². The lowest BCUT2D eigenvalue weighted by Crippen LogP contribution is -1.95. The van der Waals surface area contributed by atoms with Crippen LogP contribution >= 0.6 is 0 Å². The predicted molar refractivity (Wildman–Crippen MR) is 78.1 cm³/mol. The quantitative estimate of drug-likeness (QED) is 0.634. The molecule has 0 aliphatic heterocycles. The molecule has 0 atom stereocenters. The molecule has 2 rings (SSSR count). The van der Waals surface area contributed by atoms with Gasteiger partial charge < -0.3 is 14.2 Å². The average Bonchev–Trinajstić information content (AvgIpc) is 2.51. The van der Waals surface area contributed by atoms with Crippen molar-refractivity contribution in [2.45, 2.75) is 0 Å². The molecule has 0 unspecified atom stereocenters.